The van der Waals surface area contributed by atoms with Gasteiger partial charge in [0.2, 0.25) is 0 Å². The summed E-state index contributed by atoms with van der Waals surface area (Å²) in [7, 11) is 1.66. The minimum absolute atomic E-state index is 0.0274. The number of amides is 1. The van der Waals surface area contributed by atoms with E-state index in [0.717, 1.165) is 32.5 Å². The van der Waals surface area contributed by atoms with Crippen molar-refractivity contribution < 1.29 is 19.0 Å². The molecule has 1 unspecified atom stereocenters. The zero-order valence-corrected chi connectivity index (χ0v) is 20.2. The van der Waals surface area contributed by atoms with E-state index in [9.17, 15) is 4.79 Å². The molecule has 6 heteroatoms. The summed E-state index contributed by atoms with van der Waals surface area (Å²) in [6.07, 6.45) is 4.22. The van der Waals surface area contributed by atoms with Crippen molar-refractivity contribution in [2.24, 2.45) is 0 Å². The lowest BCUT2D eigenvalue weighted by molar-refractivity contribution is 0.0297. The van der Waals surface area contributed by atoms with Crippen molar-refractivity contribution in [3.05, 3.63) is 99.8 Å². The second-order valence-electron chi connectivity index (χ2n) is 8.67. The Kier molecular flexibility index (Phi) is 5.55. The number of ether oxygens (including phenoxy) is 3. The van der Waals surface area contributed by atoms with E-state index in [4.69, 9.17) is 14.2 Å². The number of nitrogens with zero attached hydrogens (tertiary/aromatic N) is 1. The van der Waals surface area contributed by atoms with Gasteiger partial charge in [0.15, 0.2) is 5.60 Å². The molecule has 0 aliphatic carbocycles. The number of hydrogen-bond acceptors (Lipinski definition) is 5. The molecule has 2 aliphatic rings. The van der Waals surface area contributed by atoms with Crippen LogP contribution in [0.3, 0.4) is 0 Å². The molecule has 0 N–H and O–H groups in total. The van der Waals surface area contributed by atoms with Crippen LogP contribution in [0.15, 0.2) is 78.2 Å². The minimum atomic E-state index is -0.851. The molecule has 2 aliphatic heterocycles. The van der Waals surface area contributed by atoms with Crippen molar-refractivity contribution in [1.82, 2.24) is 4.90 Å². The Bertz CT molecular complexity index is 1400. The van der Waals surface area contributed by atoms with Crippen molar-refractivity contribution in [3.63, 3.8) is 0 Å². The van der Waals surface area contributed by atoms with Gasteiger partial charge in [-0.25, -0.2) is 0 Å². The Morgan fingerprint density at radius 2 is 1.83 bits per heavy atom. The molecule has 5 nitrogen and oxygen atoms in total. The Labute approximate surface area is 208 Å². The van der Waals surface area contributed by atoms with E-state index in [1.807, 2.05) is 64.9 Å². The highest BCUT2D eigenvalue weighted by atomic mass is 32.1. The van der Waals surface area contributed by atoms with E-state index < -0.39 is 5.60 Å². The second kappa shape index (κ2) is 8.87. The molecule has 1 saturated heterocycles. The zero-order valence-electron chi connectivity index (χ0n) is 19.4. The number of carbonyl (C=O) groups excluding carboxylic acids is 1. The van der Waals surface area contributed by atoms with Crippen LogP contribution in [0, 0.1) is 0 Å². The van der Waals surface area contributed by atoms with Crippen LogP contribution >= 0.6 is 11.3 Å². The highest BCUT2D eigenvalue weighted by Gasteiger charge is 2.40. The number of fused-ring (bicyclic) bond motifs is 3. The topological polar surface area (TPSA) is 48.0 Å². The molecule has 35 heavy (non-hydrogen) atoms. The summed E-state index contributed by atoms with van der Waals surface area (Å²) in [5.74, 6) is 1.37. The average Bonchev–Trinajstić information content (AvgIpc) is 3.48. The molecule has 176 valence electrons. The molecular formula is C29H25NO4S. The van der Waals surface area contributed by atoms with Gasteiger partial charge in [0.1, 0.15) is 11.5 Å². The molecule has 1 amide bonds. The van der Waals surface area contributed by atoms with Crippen LogP contribution < -0.4 is 9.47 Å². The van der Waals surface area contributed by atoms with Gasteiger partial charge in [0, 0.05) is 24.2 Å². The van der Waals surface area contributed by atoms with Crippen LogP contribution in [-0.4, -0.2) is 44.2 Å². The highest BCUT2D eigenvalue weighted by molar-refractivity contribution is 7.10. The average molecular weight is 484 g/mol. The molecular weight excluding hydrogens is 458 g/mol. The largest absolute Gasteiger partial charge is 0.497 e. The Morgan fingerprint density at radius 1 is 1.03 bits per heavy atom. The fraction of sp³-hybridized carbons (Fsp3) is 0.207. The van der Waals surface area contributed by atoms with Crippen molar-refractivity contribution in [2.75, 3.05) is 33.4 Å². The van der Waals surface area contributed by atoms with E-state index in [-0.39, 0.29) is 5.91 Å². The molecule has 0 radical (unpaired) electrons. The molecule has 6 rings (SSSR count). The van der Waals surface area contributed by atoms with Crippen LogP contribution in [0.2, 0.25) is 0 Å². The van der Waals surface area contributed by atoms with Crippen molar-refractivity contribution >= 4 is 34.1 Å². The Morgan fingerprint density at radius 3 is 2.57 bits per heavy atom. The molecule has 4 aromatic rings. The van der Waals surface area contributed by atoms with E-state index >= 15 is 0 Å². The van der Waals surface area contributed by atoms with Crippen molar-refractivity contribution in [3.8, 4) is 11.5 Å². The maximum atomic E-state index is 13.8. The van der Waals surface area contributed by atoms with Crippen LogP contribution in [0.4, 0.5) is 0 Å². The molecule has 0 bridgehead atoms. The molecule has 3 heterocycles. The van der Waals surface area contributed by atoms with Gasteiger partial charge in [-0.3, -0.25) is 4.79 Å². The lowest BCUT2D eigenvalue weighted by Crippen LogP contribution is -2.41. The quantitative estimate of drug-likeness (QED) is 0.372. The summed E-state index contributed by atoms with van der Waals surface area (Å²) in [6, 6.07) is 22.2. The number of rotatable bonds is 4. The number of carbonyl (C=O) groups is 1. The molecule has 0 saturated carbocycles. The third-order valence-corrected chi connectivity index (χ3v) is 7.71. The van der Waals surface area contributed by atoms with Gasteiger partial charge >= 0.3 is 0 Å². The van der Waals surface area contributed by atoms with E-state index in [1.165, 1.54) is 0 Å². The molecule has 0 spiro atoms. The zero-order chi connectivity index (χ0) is 23.8. The van der Waals surface area contributed by atoms with Gasteiger partial charge in [0.25, 0.3) is 5.91 Å². The summed E-state index contributed by atoms with van der Waals surface area (Å²) in [5, 5.41) is 4.13. The first kappa shape index (κ1) is 21.9. The number of morpholine rings is 1. The summed E-state index contributed by atoms with van der Waals surface area (Å²) >= 11 is 1.63. The van der Waals surface area contributed by atoms with Gasteiger partial charge in [-0.05, 0) is 52.6 Å². The van der Waals surface area contributed by atoms with Crippen LogP contribution in [0.25, 0.3) is 16.8 Å². The third kappa shape index (κ3) is 3.70. The smallest absolute Gasteiger partial charge is 0.257 e. The van der Waals surface area contributed by atoms with Crippen LogP contribution in [-0.2, 0) is 10.3 Å². The predicted molar refractivity (Wildman–Crippen MR) is 138 cm³/mol. The molecule has 1 atom stereocenters. The second-order valence-corrected chi connectivity index (χ2v) is 9.62. The van der Waals surface area contributed by atoms with Gasteiger partial charge in [-0.1, -0.05) is 42.5 Å². The number of methoxy groups -OCH3 is 1. The monoisotopic (exact) mass is 483 g/mol. The summed E-state index contributed by atoms with van der Waals surface area (Å²) in [4.78, 5) is 16.7. The summed E-state index contributed by atoms with van der Waals surface area (Å²) in [5.41, 5.74) is 1.64. The first-order chi connectivity index (χ1) is 17.2. The van der Waals surface area contributed by atoms with Gasteiger partial charge in [-0.15, -0.1) is 11.3 Å². The lowest BCUT2D eigenvalue weighted by Gasteiger charge is -2.37. The van der Waals surface area contributed by atoms with Gasteiger partial charge in [-0.2, -0.15) is 0 Å². The predicted octanol–water partition coefficient (Wildman–Crippen LogP) is 5.73. The highest BCUT2D eigenvalue weighted by Crippen LogP contribution is 2.47. The van der Waals surface area contributed by atoms with Gasteiger partial charge < -0.3 is 19.1 Å². The van der Waals surface area contributed by atoms with Gasteiger partial charge in [0.05, 0.1) is 30.8 Å². The fourth-order valence-electron chi connectivity index (χ4n) is 4.88. The lowest BCUT2D eigenvalue weighted by atomic mass is 9.86. The van der Waals surface area contributed by atoms with Crippen LogP contribution in [0.1, 0.15) is 26.4 Å². The fourth-order valence-corrected chi connectivity index (χ4v) is 5.75. The van der Waals surface area contributed by atoms with Crippen molar-refractivity contribution in [1.29, 1.82) is 0 Å². The Balaban J connectivity index is 1.55. The maximum absolute atomic E-state index is 13.8. The summed E-state index contributed by atoms with van der Waals surface area (Å²) in [6.45, 7) is 2.25. The molecule has 1 aromatic heterocycles. The number of thiophene rings is 1. The maximum Gasteiger partial charge on any atom is 0.257 e. The van der Waals surface area contributed by atoms with E-state index in [2.05, 4.69) is 24.3 Å². The van der Waals surface area contributed by atoms with E-state index in [0.29, 0.717) is 37.6 Å². The number of benzene rings is 3. The van der Waals surface area contributed by atoms with Crippen molar-refractivity contribution in [2.45, 2.75) is 5.60 Å². The standard InChI is InChI=1S/C29H25NO4S/c1-32-22-10-8-21(9-11-22)29(26-7-4-18-35-26)13-12-24-23-6-3-2-5-20(23)19-25(27(24)34-29)28(31)30-14-16-33-17-15-30/h2-13,18-19H,14-17H2,1H3. The molecule has 3 aromatic carbocycles. The summed E-state index contributed by atoms with van der Waals surface area (Å²) < 4.78 is 17.8. The third-order valence-electron chi connectivity index (χ3n) is 6.72. The first-order valence-electron chi connectivity index (χ1n) is 11.7. The number of hydrogen-bond donors (Lipinski definition) is 0. The minimum Gasteiger partial charge on any atom is -0.497 e. The van der Waals surface area contributed by atoms with E-state index in [1.54, 1.807) is 18.4 Å². The normalized spacial score (nSPS) is 19.3. The van der Waals surface area contributed by atoms with Crippen LogP contribution in [0.5, 0.6) is 11.5 Å². The first-order valence-corrected chi connectivity index (χ1v) is 12.6. The molecule has 1 fully saturated rings. The SMILES string of the molecule is COc1ccc(C2(c3cccs3)C=Cc3c(c(C(=O)N4CCOCC4)cc4ccccc34)O2)cc1. The Hall–Kier alpha value is -3.61.